The largest absolute Gasteiger partial charge is 0.325 e. The Labute approximate surface area is 178 Å². The molecule has 0 saturated carbocycles. The molecule has 2 heterocycles. The van der Waals surface area contributed by atoms with Gasteiger partial charge in [-0.1, -0.05) is 53.7 Å². The maximum absolute atomic E-state index is 12.5. The van der Waals surface area contributed by atoms with Gasteiger partial charge >= 0.3 is 0 Å². The number of aromatic nitrogens is 2. The first-order valence-electron chi connectivity index (χ1n) is 9.31. The highest BCUT2D eigenvalue weighted by Gasteiger charge is 2.15. The molecular formula is C23H21N3OS2. The predicted molar refractivity (Wildman–Crippen MR) is 123 cm³/mol. The molecule has 0 fully saturated rings. The van der Waals surface area contributed by atoms with Gasteiger partial charge in [0, 0.05) is 16.6 Å². The van der Waals surface area contributed by atoms with Crippen LogP contribution in [0.1, 0.15) is 16.7 Å². The molecule has 146 valence electrons. The number of benzene rings is 2. The molecule has 0 aliphatic carbocycles. The van der Waals surface area contributed by atoms with Crippen LogP contribution >= 0.6 is 23.1 Å². The Kier molecular flexibility index (Phi) is 5.65. The first-order chi connectivity index (χ1) is 14.0. The van der Waals surface area contributed by atoms with Gasteiger partial charge in [-0.15, -0.1) is 11.3 Å². The molecule has 0 aliphatic rings. The highest BCUT2D eigenvalue weighted by Crippen LogP contribution is 2.37. The lowest BCUT2D eigenvalue weighted by Gasteiger charge is -2.10. The molecule has 0 radical (unpaired) electrons. The zero-order chi connectivity index (χ0) is 20.4. The molecule has 4 nitrogen and oxygen atoms in total. The van der Waals surface area contributed by atoms with Gasteiger partial charge in [-0.2, -0.15) is 0 Å². The molecule has 4 rings (SSSR count). The number of amides is 1. The molecule has 0 spiro atoms. The van der Waals surface area contributed by atoms with E-state index >= 15 is 0 Å². The number of hydrogen-bond acceptors (Lipinski definition) is 5. The van der Waals surface area contributed by atoms with Gasteiger partial charge in [0.05, 0.1) is 11.1 Å². The number of rotatable bonds is 5. The summed E-state index contributed by atoms with van der Waals surface area (Å²) in [6.45, 7) is 6.14. The first-order valence-corrected chi connectivity index (χ1v) is 11.2. The second-order valence-corrected chi connectivity index (χ2v) is 8.78. The zero-order valence-electron chi connectivity index (χ0n) is 16.5. The number of hydrogen-bond donors (Lipinski definition) is 1. The number of nitrogens with one attached hydrogen (secondary N) is 1. The number of fused-ring (bicyclic) bond motifs is 1. The van der Waals surface area contributed by atoms with Crippen molar-refractivity contribution in [2.75, 3.05) is 11.1 Å². The van der Waals surface area contributed by atoms with Crippen LogP contribution in [-0.2, 0) is 4.79 Å². The van der Waals surface area contributed by atoms with E-state index < -0.39 is 0 Å². The van der Waals surface area contributed by atoms with Crippen LogP contribution in [0, 0.1) is 20.8 Å². The van der Waals surface area contributed by atoms with Gasteiger partial charge in [0.1, 0.15) is 16.2 Å². The fourth-order valence-corrected chi connectivity index (χ4v) is 4.90. The first kappa shape index (κ1) is 19.6. The molecule has 2 aromatic carbocycles. The number of carbonyl (C=O) groups excluding carboxylic acids is 1. The molecular weight excluding hydrogens is 398 g/mol. The SMILES string of the molecule is Cc1ccc(-c2csc3ncnc(SCC(=O)Nc4cccc(C)c4C)c23)cc1. The Morgan fingerprint density at radius 1 is 1.07 bits per heavy atom. The van der Waals surface area contributed by atoms with Crippen molar-refractivity contribution in [2.24, 2.45) is 0 Å². The molecule has 1 amide bonds. The minimum atomic E-state index is -0.0393. The lowest BCUT2D eigenvalue weighted by atomic mass is 10.1. The molecule has 0 unspecified atom stereocenters. The van der Waals surface area contributed by atoms with Crippen molar-refractivity contribution in [3.63, 3.8) is 0 Å². The van der Waals surface area contributed by atoms with Crippen molar-refractivity contribution in [3.05, 3.63) is 70.9 Å². The Morgan fingerprint density at radius 3 is 2.66 bits per heavy atom. The third kappa shape index (κ3) is 4.18. The second-order valence-electron chi connectivity index (χ2n) is 6.96. The Hall–Kier alpha value is -2.70. The number of thiophene rings is 1. The molecule has 0 aliphatic heterocycles. The highest BCUT2D eigenvalue weighted by molar-refractivity contribution is 8.00. The van der Waals surface area contributed by atoms with E-state index in [-0.39, 0.29) is 5.91 Å². The third-order valence-electron chi connectivity index (χ3n) is 4.92. The van der Waals surface area contributed by atoms with E-state index in [1.807, 2.05) is 32.0 Å². The second kappa shape index (κ2) is 8.35. The Morgan fingerprint density at radius 2 is 1.86 bits per heavy atom. The van der Waals surface area contributed by atoms with E-state index in [4.69, 9.17) is 0 Å². The van der Waals surface area contributed by atoms with Crippen LogP contribution in [0.3, 0.4) is 0 Å². The maximum Gasteiger partial charge on any atom is 0.234 e. The van der Waals surface area contributed by atoms with Crippen LogP contribution in [-0.4, -0.2) is 21.6 Å². The minimum absolute atomic E-state index is 0.0393. The summed E-state index contributed by atoms with van der Waals surface area (Å²) in [5, 5.41) is 6.99. The number of thioether (sulfide) groups is 1. The molecule has 29 heavy (non-hydrogen) atoms. The van der Waals surface area contributed by atoms with Crippen LogP contribution in [0.2, 0.25) is 0 Å². The van der Waals surface area contributed by atoms with Crippen LogP contribution in [0.4, 0.5) is 5.69 Å². The molecule has 6 heteroatoms. The highest BCUT2D eigenvalue weighted by atomic mass is 32.2. The van der Waals surface area contributed by atoms with Gasteiger partial charge in [-0.05, 0) is 43.5 Å². The van der Waals surface area contributed by atoms with Crippen molar-refractivity contribution in [3.8, 4) is 11.1 Å². The van der Waals surface area contributed by atoms with Gasteiger partial charge < -0.3 is 5.32 Å². The molecule has 0 saturated heterocycles. The van der Waals surface area contributed by atoms with E-state index in [0.717, 1.165) is 43.2 Å². The van der Waals surface area contributed by atoms with E-state index in [9.17, 15) is 4.79 Å². The van der Waals surface area contributed by atoms with Gasteiger partial charge in [0.25, 0.3) is 0 Å². The average molecular weight is 420 g/mol. The number of anilines is 1. The van der Waals surface area contributed by atoms with E-state index in [2.05, 4.69) is 51.9 Å². The number of nitrogens with zero attached hydrogens (tertiary/aromatic N) is 2. The lowest BCUT2D eigenvalue weighted by Crippen LogP contribution is -2.15. The standard InChI is InChI=1S/C23H21N3OS2/c1-14-7-9-17(10-8-14)18-11-28-22-21(18)23(25-13-24-22)29-12-20(27)26-19-6-4-5-15(2)16(19)3/h4-11,13H,12H2,1-3H3,(H,26,27). The quantitative estimate of drug-likeness (QED) is 0.318. The van der Waals surface area contributed by atoms with Gasteiger partial charge in [0.15, 0.2) is 0 Å². The number of carbonyl (C=O) groups is 1. The maximum atomic E-state index is 12.5. The van der Waals surface area contributed by atoms with Gasteiger partial charge in [0.2, 0.25) is 5.91 Å². The minimum Gasteiger partial charge on any atom is -0.325 e. The summed E-state index contributed by atoms with van der Waals surface area (Å²) in [6, 6.07) is 14.4. The topological polar surface area (TPSA) is 54.9 Å². The molecule has 2 aromatic heterocycles. The normalized spacial score (nSPS) is 11.0. The fourth-order valence-electron chi connectivity index (χ4n) is 3.11. The van der Waals surface area contributed by atoms with Crippen molar-refractivity contribution in [1.29, 1.82) is 0 Å². The summed E-state index contributed by atoms with van der Waals surface area (Å²) in [7, 11) is 0. The Bertz CT molecular complexity index is 1180. The van der Waals surface area contributed by atoms with Crippen molar-refractivity contribution < 1.29 is 4.79 Å². The van der Waals surface area contributed by atoms with Crippen molar-refractivity contribution in [2.45, 2.75) is 25.8 Å². The van der Waals surface area contributed by atoms with Crippen molar-refractivity contribution >= 4 is 44.9 Å². The summed E-state index contributed by atoms with van der Waals surface area (Å²) in [4.78, 5) is 22.4. The van der Waals surface area contributed by atoms with E-state index in [1.165, 1.54) is 17.3 Å². The predicted octanol–water partition coefficient (Wildman–Crippen LogP) is 6.01. The smallest absolute Gasteiger partial charge is 0.234 e. The lowest BCUT2D eigenvalue weighted by molar-refractivity contribution is -0.113. The summed E-state index contributed by atoms with van der Waals surface area (Å²) < 4.78 is 0. The summed E-state index contributed by atoms with van der Waals surface area (Å²) in [5.41, 5.74) is 6.59. The van der Waals surface area contributed by atoms with Crippen molar-refractivity contribution in [1.82, 2.24) is 9.97 Å². The zero-order valence-corrected chi connectivity index (χ0v) is 18.2. The van der Waals surface area contributed by atoms with Crippen LogP contribution < -0.4 is 5.32 Å². The monoisotopic (exact) mass is 419 g/mol. The van der Waals surface area contributed by atoms with Gasteiger partial charge in [-0.25, -0.2) is 9.97 Å². The van der Waals surface area contributed by atoms with Crippen LogP contribution in [0.5, 0.6) is 0 Å². The van der Waals surface area contributed by atoms with E-state index in [0.29, 0.717) is 5.75 Å². The van der Waals surface area contributed by atoms with Gasteiger partial charge in [-0.3, -0.25) is 4.79 Å². The summed E-state index contributed by atoms with van der Waals surface area (Å²) in [6.07, 6.45) is 1.57. The van der Waals surface area contributed by atoms with E-state index in [1.54, 1.807) is 17.7 Å². The summed E-state index contributed by atoms with van der Waals surface area (Å²) >= 11 is 3.05. The Balaban J connectivity index is 1.56. The molecule has 0 atom stereocenters. The fraction of sp³-hybridized carbons (Fsp3) is 0.174. The number of aryl methyl sites for hydroxylation is 2. The average Bonchev–Trinajstić information content (AvgIpc) is 3.15. The molecule has 1 N–H and O–H groups in total. The molecule has 0 bridgehead atoms. The van der Waals surface area contributed by atoms with Crippen LogP contribution in [0.15, 0.2) is 59.2 Å². The summed E-state index contributed by atoms with van der Waals surface area (Å²) in [5.74, 6) is 0.255. The molecule has 4 aromatic rings. The van der Waals surface area contributed by atoms with Crippen LogP contribution in [0.25, 0.3) is 21.3 Å². The third-order valence-corrected chi connectivity index (χ3v) is 6.79.